The van der Waals surface area contributed by atoms with Gasteiger partial charge in [0.05, 0.1) is 13.1 Å². The summed E-state index contributed by atoms with van der Waals surface area (Å²) in [5, 5.41) is 9.77. The highest BCUT2D eigenvalue weighted by molar-refractivity contribution is 6.01. The number of hydrogen-bond donors (Lipinski definition) is 1. The van der Waals surface area contributed by atoms with E-state index in [2.05, 4.69) is 6.58 Å². The van der Waals surface area contributed by atoms with E-state index in [0.717, 1.165) is 0 Å². The van der Waals surface area contributed by atoms with Crippen molar-refractivity contribution in [2.24, 2.45) is 0 Å². The maximum absolute atomic E-state index is 12.3. The van der Waals surface area contributed by atoms with E-state index in [1.54, 1.807) is 36.1 Å². The molecule has 150 valence electrons. The van der Waals surface area contributed by atoms with Gasteiger partial charge in [0.15, 0.2) is 12.1 Å². The molecule has 0 atom stereocenters. The van der Waals surface area contributed by atoms with Gasteiger partial charge in [-0.3, -0.25) is 9.59 Å². The van der Waals surface area contributed by atoms with Crippen LogP contribution in [0.2, 0.25) is 0 Å². The van der Waals surface area contributed by atoms with E-state index in [4.69, 9.17) is 14.2 Å². The highest BCUT2D eigenvalue weighted by Crippen LogP contribution is 2.17. The molecule has 0 fully saturated rings. The van der Waals surface area contributed by atoms with Crippen molar-refractivity contribution in [2.45, 2.75) is 32.7 Å². The number of aliphatic hydroxyl groups is 1. The number of ether oxygens (including phenoxy) is 3. The Morgan fingerprint density at radius 1 is 1.19 bits per heavy atom. The van der Waals surface area contributed by atoms with Crippen LogP contribution in [0.15, 0.2) is 36.4 Å². The molecule has 0 radical (unpaired) electrons. The van der Waals surface area contributed by atoms with Crippen LogP contribution in [0.3, 0.4) is 0 Å². The van der Waals surface area contributed by atoms with Crippen molar-refractivity contribution in [1.82, 2.24) is 4.90 Å². The molecule has 0 heterocycles. The summed E-state index contributed by atoms with van der Waals surface area (Å²) in [6.45, 7) is 9.03. The van der Waals surface area contributed by atoms with E-state index in [9.17, 15) is 14.7 Å². The fraction of sp³-hybridized carbons (Fsp3) is 0.500. The van der Waals surface area contributed by atoms with Gasteiger partial charge < -0.3 is 24.2 Å². The van der Waals surface area contributed by atoms with Gasteiger partial charge in [-0.25, -0.2) is 0 Å². The minimum Gasteiger partial charge on any atom is -0.492 e. The SMILES string of the molecule is C=C(C)C(=O)N(CCOc1ccc(C(=O)C(C)(C)O)cc1)CC(OC)OC. The Labute approximate surface area is 160 Å². The maximum Gasteiger partial charge on any atom is 0.249 e. The molecule has 7 heteroatoms. The van der Waals surface area contributed by atoms with E-state index >= 15 is 0 Å². The monoisotopic (exact) mass is 379 g/mol. The van der Waals surface area contributed by atoms with Gasteiger partial charge in [0.1, 0.15) is 18.0 Å². The molecule has 1 N–H and O–H groups in total. The summed E-state index contributed by atoms with van der Waals surface area (Å²) in [7, 11) is 3.01. The lowest BCUT2D eigenvalue weighted by Gasteiger charge is -2.26. The van der Waals surface area contributed by atoms with Gasteiger partial charge in [-0.05, 0) is 45.0 Å². The van der Waals surface area contributed by atoms with Crippen molar-refractivity contribution < 1.29 is 28.9 Å². The van der Waals surface area contributed by atoms with E-state index in [1.807, 2.05) is 0 Å². The first-order chi connectivity index (χ1) is 12.6. The summed E-state index contributed by atoms with van der Waals surface area (Å²) in [6.07, 6.45) is -0.541. The molecule has 0 aliphatic rings. The van der Waals surface area contributed by atoms with Crippen molar-refractivity contribution in [1.29, 1.82) is 0 Å². The number of Topliss-reactive ketones (excluding diaryl/α,β-unsaturated/α-hetero) is 1. The van der Waals surface area contributed by atoms with Gasteiger partial charge in [-0.1, -0.05) is 6.58 Å². The zero-order valence-corrected chi connectivity index (χ0v) is 16.7. The van der Waals surface area contributed by atoms with Crippen molar-refractivity contribution in [3.63, 3.8) is 0 Å². The fourth-order valence-electron chi connectivity index (χ4n) is 2.30. The molecule has 1 aromatic rings. The van der Waals surface area contributed by atoms with Crippen molar-refractivity contribution in [2.75, 3.05) is 33.9 Å². The second-order valence-corrected chi connectivity index (χ2v) is 6.69. The lowest BCUT2D eigenvalue weighted by atomic mass is 9.97. The molecule has 27 heavy (non-hydrogen) atoms. The average Bonchev–Trinajstić information content (AvgIpc) is 2.63. The largest absolute Gasteiger partial charge is 0.492 e. The summed E-state index contributed by atoms with van der Waals surface area (Å²) < 4.78 is 16.0. The standard InChI is InChI=1S/C20H29NO6/c1-14(2)19(23)21(13-17(25-5)26-6)11-12-27-16-9-7-15(8-10-16)18(22)20(3,4)24/h7-10,17,24H,1,11-13H2,2-6H3. The Morgan fingerprint density at radius 2 is 1.74 bits per heavy atom. The molecule has 7 nitrogen and oxygen atoms in total. The first kappa shape index (κ1) is 22.8. The van der Waals surface area contributed by atoms with Crippen molar-refractivity contribution >= 4 is 11.7 Å². The minimum atomic E-state index is -1.43. The molecular weight excluding hydrogens is 350 g/mol. The minimum absolute atomic E-state index is 0.205. The van der Waals surface area contributed by atoms with Gasteiger partial charge in [0.25, 0.3) is 0 Å². The first-order valence-electron chi connectivity index (χ1n) is 8.60. The Morgan fingerprint density at radius 3 is 2.19 bits per heavy atom. The lowest BCUT2D eigenvalue weighted by Crippen LogP contribution is -2.41. The Balaban J connectivity index is 2.68. The number of ketones is 1. The molecule has 0 aliphatic carbocycles. The summed E-state index contributed by atoms with van der Waals surface area (Å²) in [5.74, 6) is -0.0127. The van der Waals surface area contributed by atoms with E-state index in [-0.39, 0.29) is 24.8 Å². The van der Waals surface area contributed by atoms with Crippen LogP contribution >= 0.6 is 0 Å². The van der Waals surface area contributed by atoms with Crippen LogP contribution in [0.4, 0.5) is 0 Å². The normalized spacial score (nSPS) is 11.4. The summed E-state index contributed by atoms with van der Waals surface area (Å²) in [6, 6.07) is 6.49. The van der Waals surface area contributed by atoms with Crippen LogP contribution in [0.5, 0.6) is 5.75 Å². The molecule has 0 aromatic heterocycles. The predicted molar refractivity (Wildman–Crippen MR) is 102 cm³/mol. The predicted octanol–water partition coefficient (Wildman–Crippen LogP) is 2.04. The van der Waals surface area contributed by atoms with Crippen molar-refractivity contribution in [3.05, 3.63) is 42.0 Å². The van der Waals surface area contributed by atoms with E-state index in [0.29, 0.717) is 23.4 Å². The number of amides is 1. The molecule has 0 saturated heterocycles. The number of methoxy groups -OCH3 is 2. The van der Waals surface area contributed by atoms with Crippen LogP contribution in [-0.4, -0.2) is 67.5 Å². The van der Waals surface area contributed by atoms with E-state index < -0.39 is 11.9 Å². The third-order valence-corrected chi connectivity index (χ3v) is 3.85. The van der Waals surface area contributed by atoms with Gasteiger partial charge >= 0.3 is 0 Å². The Hall–Kier alpha value is -2.22. The first-order valence-corrected chi connectivity index (χ1v) is 8.60. The van der Waals surface area contributed by atoms with Crippen LogP contribution < -0.4 is 4.74 Å². The quantitative estimate of drug-likeness (QED) is 0.360. The molecule has 0 aliphatic heterocycles. The molecular formula is C20H29NO6. The molecule has 1 amide bonds. The fourth-order valence-corrected chi connectivity index (χ4v) is 2.30. The molecule has 0 unspecified atom stereocenters. The molecule has 1 rings (SSSR count). The smallest absolute Gasteiger partial charge is 0.249 e. The Kier molecular flexibility index (Phi) is 8.62. The third kappa shape index (κ3) is 7.13. The molecule has 0 spiro atoms. The molecule has 0 bridgehead atoms. The van der Waals surface area contributed by atoms with Crippen molar-refractivity contribution in [3.8, 4) is 5.75 Å². The summed E-state index contributed by atoms with van der Waals surface area (Å²) in [5.41, 5.74) is -0.613. The third-order valence-electron chi connectivity index (χ3n) is 3.85. The lowest BCUT2D eigenvalue weighted by molar-refractivity contribution is -0.142. The van der Waals surface area contributed by atoms with Gasteiger partial charge in [-0.15, -0.1) is 0 Å². The molecule has 0 saturated carbocycles. The number of rotatable bonds is 11. The summed E-state index contributed by atoms with van der Waals surface area (Å²) >= 11 is 0. The number of carbonyl (C=O) groups excluding carboxylic acids is 2. The zero-order chi connectivity index (χ0) is 20.6. The van der Waals surface area contributed by atoms with Gasteiger partial charge in [0.2, 0.25) is 5.91 Å². The number of hydrogen-bond acceptors (Lipinski definition) is 6. The highest BCUT2D eigenvalue weighted by Gasteiger charge is 2.25. The van der Waals surface area contributed by atoms with E-state index in [1.165, 1.54) is 28.1 Å². The maximum atomic E-state index is 12.3. The Bertz CT molecular complexity index is 643. The van der Waals surface area contributed by atoms with Crippen LogP contribution in [0.25, 0.3) is 0 Å². The highest BCUT2D eigenvalue weighted by atomic mass is 16.7. The van der Waals surface area contributed by atoms with Crippen LogP contribution in [0, 0.1) is 0 Å². The topological polar surface area (TPSA) is 85.3 Å². The number of benzene rings is 1. The molecule has 1 aromatic carbocycles. The van der Waals surface area contributed by atoms with Gasteiger partial charge in [-0.2, -0.15) is 0 Å². The number of nitrogens with zero attached hydrogens (tertiary/aromatic N) is 1. The van der Waals surface area contributed by atoms with Crippen LogP contribution in [-0.2, 0) is 14.3 Å². The zero-order valence-electron chi connectivity index (χ0n) is 16.7. The second-order valence-electron chi connectivity index (χ2n) is 6.69. The van der Waals surface area contributed by atoms with Gasteiger partial charge in [0, 0.05) is 25.4 Å². The number of carbonyl (C=O) groups is 2. The summed E-state index contributed by atoms with van der Waals surface area (Å²) in [4.78, 5) is 25.8. The van der Waals surface area contributed by atoms with Crippen LogP contribution in [0.1, 0.15) is 31.1 Å². The second kappa shape index (κ2) is 10.2. The average molecular weight is 379 g/mol.